The van der Waals surface area contributed by atoms with E-state index in [2.05, 4.69) is 10.0 Å². The van der Waals surface area contributed by atoms with Crippen molar-refractivity contribution in [3.63, 3.8) is 0 Å². The maximum atomic E-state index is 12.3. The van der Waals surface area contributed by atoms with Crippen LogP contribution in [0.5, 0.6) is 0 Å². The van der Waals surface area contributed by atoms with Crippen LogP contribution >= 0.6 is 35.0 Å². The molecular formula is C12H18Cl2N2O2S2. The lowest BCUT2D eigenvalue weighted by atomic mass is 10.2. The van der Waals surface area contributed by atoms with Crippen molar-refractivity contribution in [2.45, 2.75) is 23.6 Å². The van der Waals surface area contributed by atoms with Crippen LogP contribution in [0.4, 0.5) is 0 Å². The first-order valence-electron chi connectivity index (χ1n) is 5.97. The van der Waals surface area contributed by atoms with Crippen LogP contribution in [-0.2, 0) is 16.6 Å². The van der Waals surface area contributed by atoms with Crippen molar-refractivity contribution < 1.29 is 8.42 Å². The summed E-state index contributed by atoms with van der Waals surface area (Å²) < 4.78 is 27.1. The molecule has 0 aliphatic heterocycles. The van der Waals surface area contributed by atoms with Crippen LogP contribution in [0.25, 0.3) is 0 Å². The summed E-state index contributed by atoms with van der Waals surface area (Å²) in [5.41, 5.74) is 0.580. The number of hydrogen-bond donors (Lipinski definition) is 2. The Morgan fingerprint density at radius 2 is 2.00 bits per heavy atom. The van der Waals surface area contributed by atoms with E-state index in [0.717, 1.165) is 0 Å². The van der Waals surface area contributed by atoms with E-state index in [1.807, 2.05) is 13.2 Å². The molecule has 0 spiro atoms. The highest BCUT2D eigenvalue weighted by atomic mass is 35.5. The van der Waals surface area contributed by atoms with Gasteiger partial charge in [0.25, 0.3) is 0 Å². The van der Waals surface area contributed by atoms with Crippen LogP contribution in [0, 0.1) is 0 Å². The zero-order chi connectivity index (χ0) is 15.3. The Hall–Kier alpha value is 0.0200. The van der Waals surface area contributed by atoms with Crippen LogP contribution < -0.4 is 10.0 Å². The van der Waals surface area contributed by atoms with Gasteiger partial charge in [-0.3, -0.25) is 0 Å². The highest BCUT2D eigenvalue weighted by molar-refractivity contribution is 7.99. The summed E-state index contributed by atoms with van der Waals surface area (Å²) in [6.45, 7) is 2.70. The second-order valence-electron chi connectivity index (χ2n) is 4.27. The van der Waals surface area contributed by atoms with E-state index in [4.69, 9.17) is 23.2 Å². The lowest BCUT2D eigenvalue weighted by molar-refractivity contribution is 0.581. The molecule has 4 nitrogen and oxygen atoms in total. The first kappa shape index (κ1) is 18.1. The van der Waals surface area contributed by atoms with Gasteiger partial charge >= 0.3 is 0 Å². The number of thioether (sulfide) groups is 1. The van der Waals surface area contributed by atoms with Gasteiger partial charge in [-0.15, -0.1) is 0 Å². The maximum absolute atomic E-state index is 12.3. The molecule has 1 unspecified atom stereocenters. The Bertz CT molecular complexity index is 565. The summed E-state index contributed by atoms with van der Waals surface area (Å²) in [5, 5.41) is 3.71. The highest BCUT2D eigenvalue weighted by Gasteiger charge is 2.21. The first-order valence-corrected chi connectivity index (χ1v) is 9.50. The quantitative estimate of drug-likeness (QED) is 0.788. The summed E-state index contributed by atoms with van der Waals surface area (Å²) in [4.78, 5) is 0.0575. The van der Waals surface area contributed by atoms with Crippen molar-refractivity contribution in [2.24, 2.45) is 0 Å². The average Bonchev–Trinajstić information content (AvgIpc) is 2.40. The second-order valence-corrected chi connectivity index (χ2v) is 8.06. The summed E-state index contributed by atoms with van der Waals surface area (Å²) in [6, 6.07) is 2.97. The largest absolute Gasteiger partial charge is 0.316 e. The number of nitrogens with one attached hydrogen (secondary N) is 2. The van der Waals surface area contributed by atoms with E-state index in [1.54, 1.807) is 24.9 Å². The Labute approximate surface area is 134 Å². The fourth-order valence-electron chi connectivity index (χ4n) is 1.51. The van der Waals surface area contributed by atoms with Gasteiger partial charge < -0.3 is 5.32 Å². The number of rotatable bonds is 7. The molecule has 0 aliphatic rings. The minimum atomic E-state index is -3.64. The fraction of sp³-hybridized carbons (Fsp3) is 0.500. The molecule has 2 N–H and O–H groups in total. The van der Waals surface area contributed by atoms with Crippen LogP contribution in [0.3, 0.4) is 0 Å². The molecule has 20 heavy (non-hydrogen) atoms. The smallest absolute Gasteiger partial charge is 0.242 e. The molecule has 114 valence electrons. The third-order valence-corrected chi connectivity index (χ3v) is 6.09. The van der Waals surface area contributed by atoms with E-state index >= 15 is 0 Å². The van der Waals surface area contributed by atoms with E-state index in [-0.39, 0.29) is 15.2 Å². The van der Waals surface area contributed by atoms with Crippen molar-refractivity contribution in [1.29, 1.82) is 0 Å². The number of benzene rings is 1. The Balaban J connectivity index is 3.09. The van der Waals surface area contributed by atoms with E-state index < -0.39 is 10.0 Å². The van der Waals surface area contributed by atoms with Crippen molar-refractivity contribution in [2.75, 3.05) is 19.8 Å². The Morgan fingerprint density at radius 1 is 1.35 bits per heavy atom. The third-order valence-electron chi connectivity index (χ3n) is 2.76. The van der Waals surface area contributed by atoms with Gasteiger partial charge in [0.2, 0.25) is 10.0 Å². The second kappa shape index (κ2) is 7.87. The van der Waals surface area contributed by atoms with Crippen LogP contribution in [0.15, 0.2) is 17.0 Å². The molecule has 0 fully saturated rings. The third kappa shape index (κ3) is 4.51. The predicted octanol–water partition coefficient (Wildman–Crippen LogP) is 2.74. The molecule has 1 rings (SSSR count). The van der Waals surface area contributed by atoms with Gasteiger partial charge in [0.05, 0.1) is 5.02 Å². The lowest BCUT2D eigenvalue weighted by Gasteiger charge is -2.14. The van der Waals surface area contributed by atoms with E-state index in [9.17, 15) is 8.42 Å². The molecule has 0 aromatic heterocycles. The predicted molar refractivity (Wildman–Crippen MR) is 87.4 cm³/mol. The maximum Gasteiger partial charge on any atom is 0.242 e. The monoisotopic (exact) mass is 356 g/mol. The first-order chi connectivity index (χ1) is 9.33. The van der Waals surface area contributed by atoms with E-state index in [0.29, 0.717) is 23.7 Å². The molecule has 1 atom stereocenters. The number of hydrogen-bond acceptors (Lipinski definition) is 4. The molecule has 0 aliphatic carbocycles. The molecular weight excluding hydrogens is 339 g/mol. The minimum absolute atomic E-state index is 0.0575. The van der Waals surface area contributed by atoms with Gasteiger partial charge in [-0.2, -0.15) is 11.8 Å². The van der Waals surface area contributed by atoms with Gasteiger partial charge in [0.1, 0.15) is 4.90 Å². The zero-order valence-electron chi connectivity index (χ0n) is 11.5. The Morgan fingerprint density at radius 3 is 2.55 bits per heavy atom. The molecule has 0 saturated heterocycles. The standard InChI is InChI=1S/C12H18Cl2N2O2S2/c1-8(19-3)6-16-20(17,18)11-5-4-10(13)9(7-15-2)12(11)14/h4-5,8,15-16H,6-7H2,1-3H3. The highest BCUT2D eigenvalue weighted by Crippen LogP contribution is 2.31. The molecule has 0 saturated carbocycles. The SMILES string of the molecule is CNCc1c(Cl)ccc(S(=O)(=O)NCC(C)SC)c1Cl. The van der Waals surface area contributed by atoms with Crippen molar-refractivity contribution >= 4 is 45.0 Å². The van der Waals surface area contributed by atoms with Gasteiger partial charge in [-0.05, 0) is 25.4 Å². The summed E-state index contributed by atoms with van der Waals surface area (Å²) in [7, 11) is -1.89. The molecule has 1 aromatic carbocycles. The van der Waals surface area contributed by atoms with Gasteiger partial charge in [0, 0.05) is 28.9 Å². The molecule has 1 aromatic rings. The average molecular weight is 357 g/mol. The molecule has 8 heteroatoms. The molecule has 0 amide bonds. The normalized spacial score (nSPS) is 13.4. The Kier molecular flexibility index (Phi) is 7.11. The van der Waals surface area contributed by atoms with Crippen molar-refractivity contribution in [1.82, 2.24) is 10.0 Å². The van der Waals surface area contributed by atoms with E-state index in [1.165, 1.54) is 6.07 Å². The van der Waals surface area contributed by atoms with Gasteiger partial charge in [0.15, 0.2) is 0 Å². The van der Waals surface area contributed by atoms with Crippen LogP contribution in [0.2, 0.25) is 10.0 Å². The summed E-state index contributed by atoms with van der Waals surface area (Å²) in [6.07, 6.45) is 1.93. The fourth-order valence-corrected chi connectivity index (χ4v) is 3.91. The minimum Gasteiger partial charge on any atom is -0.316 e. The summed E-state index contributed by atoms with van der Waals surface area (Å²) in [5.74, 6) is 0. The molecule has 0 radical (unpaired) electrons. The topological polar surface area (TPSA) is 58.2 Å². The molecule has 0 heterocycles. The number of sulfonamides is 1. The molecule has 0 bridgehead atoms. The van der Waals surface area contributed by atoms with Crippen LogP contribution in [-0.4, -0.2) is 33.5 Å². The van der Waals surface area contributed by atoms with Crippen molar-refractivity contribution in [3.8, 4) is 0 Å². The van der Waals surface area contributed by atoms with Crippen LogP contribution in [0.1, 0.15) is 12.5 Å². The van der Waals surface area contributed by atoms with Gasteiger partial charge in [-0.25, -0.2) is 13.1 Å². The summed E-state index contributed by atoms with van der Waals surface area (Å²) >= 11 is 13.8. The lowest BCUT2D eigenvalue weighted by Crippen LogP contribution is -2.30. The number of halogens is 2. The van der Waals surface area contributed by atoms with Crippen molar-refractivity contribution in [3.05, 3.63) is 27.7 Å². The van der Waals surface area contributed by atoms with Gasteiger partial charge in [-0.1, -0.05) is 30.1 Å². The zero-order valence-corrected chi connectivity index (χ0v) is 14.7.